The first-order valence-electron chi connectivity index (χ1n) is 6.49. The molecular formula is C15H10Cl2N2O5. The van der Waals surface area contributed by atoms with Crippen molar-refractivity contribution in [1.82, 2.24) is 0 Å². The van der Waals surface area contributed by atoms with Crippen LogP contribution in [0.1, 0.15) is 20.7 Å². The number of halogens is 2. The lowest BCUT2D eigenvalue weighted by Gasteiger charge is -2.06. The van der Waals surface area contributed by atoms with Gasteiger partial charge in [0.1, 0.15) is 5.69 Å². The van der Waals surface area contributed by atoms with Crippen molar-refractivity contribution in [3.63, 3.8) is 0 Å². The van der Waals surface area contributed by atoms with Crippen LogP contribution >= 0.6 is 23.2 Å². The van der Waals surface area contributed by atoms with Crippen molar-refractivity contribution < 1.29 is 19.2 Å². The molecule has 0 saturated heterocycles. The van der Waals surface area contributed by atoms with Crippen molar-refractivity contribution in [2.45, 2.75) is 0 Å². The molecule has 0 fully saturated rings. The Hall–Kier alpha value is -2.64. The molecule has 0 aliphatic carbocycles. The van der Waals surface area contributed by atoms with Gasteiger partial charge in [0.15, 0.2) is 12.4 Å². The second-order valence-electron chi connectivity index (χ2n) is 4.66. The summed E-state index contributed by atoms with van der Waals surface area (Å²) in [7, 11) is 0. The summed E-state index contributed by atoms with van der Waals surface area (Å²) < 4.78 is 4.86. The van der Waals surface area contributed by atoms with E-state index in [1.807, 2.05) is 0 Å². The first kappa shape index (κ1) is 17.7. The number of Topliss-reactive ketones (excluding diaryl/α,β-unsaturated/α-hetero) is 1. The largest absolute Gasteiger partial charge is 0.454 e. The van der Waals surface area contributed by atoms with Crippen molar-refractivity contribution in [3.05, 3.63) is 67.7 Å². The van der Waals surface area contributed by atoms with Crippen LogP contribution in [0.4, 0.5) is 11.4 Å². The van der Waals surface area contributed by atoms with E-state index in [1.165, 1.54) is 30.3 Å². The van der Waals surface area contributed by atoms with Gasteiger partial charge in [-0.25, -0.2) is 4.79 Å². The molecule has 7 nitrogen and oxygen atoms in total. The summed E-state index contributed by atoms with van der Waals surface area (Å²) in [5, 5.41) is 11.3. The molecular weight excluding hydrogens is 359 g/mol. The molecule has 0 bridgehead atoms. The average Bonchev–Trinajstić information content (AvgIpc) is 2.55. The van der Waals surface area contributed by atoms with Gasteiger partial charge in [-0.05, 0) is 30.3 Å². The zero-order chi connectivity index (χ0) is 17.9. The van der Waals surface area contributed by atoms with Gasteiger partial charge in [0.25, 0.3) is 5.69 Å². The highest BCUT2D eigenvalue weighted by atomic mass is 35.5. The lowest BCUT2D eigenvalue weighted by molar-refractivity contribution is -0.383. The van der Waals surface area contributed by atoms with Crippen molar-refractivity contribution >= 4 is 46.3 Å². The highest BCUT2D eigenvalue weighted by Crippen LogP contribution is 2.24. The van der Waals surface area contributed by atoms with E-state index in [0.29, 0.717) is 5.02 Å². The molecule has 24 heavy (non-hydrogen) atoms. The fourth-order valence-corrected chi connectivity index (χ4v) is 2.09. The Bertz CT molecular complexity index is 839. The highest BCUT2D eigenvalue weighted by molar-refractivity contribution is 6.42. The minimum absolute atomic E-state index is 0.0802. The molecule has 2 N–H and O–H groups in total. The molecule has 0 unspecified atom stereocenters. The molecule has 0 aromatic heterocycles. The predicted molar refractivity (Wildman–Crippen MR) is 88.6 cm³/mol. The van der Waals surface area contributed by atoms with Crippen LogP contribution in [0.2, 0.25) is 10.0 Å². The van der Waals surface area contributed by atoms with Crippen LogP contribution in [0.5, 0.6) is 0 Å². The maximum atomic E-state index is 12.0. The van der Waals surface area contributed by atoms with E-state index in [9.17, 15) is 19.7 Å². The molecule has 2 rings (SSSR count). The molecule has 124 valence electrons. The molecule has 9 heteroatoms. The van der Waals surface area contributed by atoms with Crippen molar-refractivity contribution in [2.75, 3.05) is 12.3 Å². The van der Waals surface area contributed by atoms with E-state index in [4.69, 9.17) is 33.7 Å². The summed E-state index contributed by atoms with van der Waals surface area (Å²) in [5.74, 6) is -1.38. The number of hydrogen-bond acceptors (Lipinski definition) is 6. The number of nitro groups is 1. The Morgan fingerprint density at radius 2 is 1.75 bits per heavy atom. The first-order chi connectivity index (χ1) is 11.3. The fourth-order valence-electron chi connectivity index (χ4n) is 1.80. The molecule has 2 aromatic rings. The molecule has 0 spiro atoms. The van der Waals surface area contributed by atoms with Crippen LogP contribution in [-0.4, -0.2) is 23.3 Å². The van der Waals surface area contributed by atoms with Gasteiger partial charge in [-0.1, -0.05) is 23.2 Å². The summed E-state index contributed by atoms with van der Waals surface area (Å²) in [6.45, 7) is -0.547. The molecule has 0 saturated carbocycles. The molecule has 0 amide bonds. The lowest BCUT2D eigenvalue weighted by atomic mass is 10.1. The van der Waals surface area contributed by atoms with Gasteiger partial charge in [0.2, 0.25) is 0 Å². The lowest BCUT2D eigenvalue weighted by Crippen LogP contribution is -2.14. The average molecular weight is 369 g/mol. The Balaban J connectivity index is 2.07. The number of esters is 1. The number of ether oxygens (including phenoxy) is 1. The van der Waals surface area contributed by atoms with Crippen LogP contribution in [0, 0.1) is 10.1 Å². The topological polar surface area (TPSA) is 113 Å². The summed E-state index contributed by atoms with van der Waals surface area (Å²) in [5.41, 5.74) is 5.08. The van der Waals surface area contributed by atoms with Crippen molar-refractivity contribution in [1.29, 1.82) is 0 Å². The van der Waals surface area contributed by atoms with Gasteiger partial charge in [-0.2, -0.15) is 0 Å². The number of carbonyl (C=O) groups excluding carboxylic acids is 2. The van der Waals surface area contributed by atoms with Crippen LogP contribution in [0.3, 0.4) is 0 Å². The minimum atomic E-state index is -0.883. The monoisotopic (exact) mass is 368 g/mol. The third kappa shape index (κ3) is 4.01. The van der Waals surface area contributed by atoms with Gasteiger partial charge in [-0.3, -0.25) is 14.9 Å². The third-order valence-corrected chi connectivity index (χ3v) is 3.78. The maximum Gasteiger partial charge on any atom is 0.338 e. The standard InChI is InChI=1S/C15H10Cl2N2O5/c16-10-3-1-8(5-11(10)17)14(20)7-24-15(21)9-2-4-12(18)13(6-9)19(22)23/h1-6H,7,18H2. The third-order valence-electron chi connectivity index (χ3n) is 3.04. The van der Waals surface area contributed by atoms with Crippen LogP contribution in [0.25, 0.3) is 0 Å². The van der Waals surface area contributed by atoms with E-state index < -0.39 is 29.0 Å². The second-order valence-corrected chi connectivity index (χ2v) is 5.47. The highest BCUT2D eigenvalue weighted by Gasteiger charge is 2.18. The molecule has 0 aliphatic heterocycles. The SMILES string of the molecule is Nc1ccc(C(=O)OCC(=O)c2ccc(Cl)c(Cl)c2)cc1[N+](=O)[O-]. The number of nitro benzene ring substituents is 1. The molecule has 0 heterocycles. The Morgan fingerprint density at radius 1 is 1.08 bits per heavy atom. The van der Waals surface area contributed by atoms with Gasteiger partial charge in [-0.15, -0.1) is 0 Å². The van der Waals surface area contributed by atoms with Crippen LogP contribution in [-0.2, 0) is 4.74 Å². The van der Waals surface area contributed by atoms with Crippen molar-refractivity contribution in [3.8, 4) is 0 Å². The number of rotatable bonds is 5. The molecule has 0 aliphatic rings. The molecule has 0 radical (unpaired) electrons. The van der Waals surface area contributed by atoms with Gasteiger partial charge in [0.05, 0.1) is 20.5 Å². The number of hydrogen-bond donors (Lipinski definition) is 1. The normalized spacial score (nSPS) is 10.2. The number of benzene rings is 2. The zero-order valence-corrected chi connectivity index (χ0v) is 13.5. The quantitative estimate of drug-likeness (QED) is 0.284. The Labute approximate surface area is 146 Å². The number of nitrogens with two attached hydrogens (primary N) is 1. The van der Waals surface area contributed by atoms with E-state index in [-0.39, 0.29) is 21.8 Å². The summed E-state index contributed by atoms with van der Waals surface area (Å²) >= 11 is 11.6. The Kier molecular flexibility index (Phi) is 5.38. The predicted octanol–water partition coefficient (Wildman–Crippen LogP) is 3.52. The van der Waals surface area contributed by atoms with Gasteiger partial charge < -0.3 is 10.5 Å². The molecule has 2 aromatic carbocycles. The number of carbonyl (C=O) groups is 2. The van der Waals surface area contributed by atoms with Gasteiger partial charge in [0, 0.05) is 11.6 Å². The summed E-state index contributed by atoms with van der Waals surface area (Å²) in [6, 6.07) is 7.72. The maximum absolute atomic E-state index is 12.0. The van der Waals surface area contributed by atoms with Crippen molar-refractivity contribution in [2.24, 2.45) is 0 Å². The number of nitrogen functional groups attached to an aromatic ring is 1. The second kappa shape index (κ2) is 7.29. The van der Waals surface area contributed by atoms with E-state index in [1.54, 1.807) is 0 Å². The number of ketones is 1. The van der Waals surface area contributed by atoms with Crippen LogP contribution < -0.4 is 5.73 Å². The minimum Gasteiger partial charge on any atom is -0.454 e. The first-order valence-corrected chi connectivity index (χ1v) is 7.24. The smallest absolute Gasteiger partial charge is 0.338 e. The fraction of sp³-hybridized carbons (Fsp3) is 0.0667. The molecule has 0 atom stereocenters. The summed E-state index contributed by atoms with van der Waals surface area (Å²) in [6.07, 6.45) is 0. The van der Waals surface area contributed by atoms with E-state index in [2.05, 4.69) is 0 Å². The van der Waals surface area contributed by atoms with Crippen LogP contribution in [0.15, 0.2) is 36.4 Å². The number of nitrogens with zero attached hydrogens (tertiary/aromatic N) is 1. The van der Waals surface area contributed by atoms with E-state index in [0.717, 1.165) is 6.07 Å². The zero-order valence-electron chi connectivity index (χ0n) is 12.0. The van der Waals surface area contributed by atoms with Gasteiger partial charge >= 0.3 is 5.97 Å². The summed E-state index contributed by atoms with van der Waals surface area (Å²) in [4.78, 5) is 34.0. The number of anilines is 1. The Morgan fingerprint density at radius 3 is 2.38 bits per heavy atom. The van der Waals surface area contributed by atoms with E-state index >= 15 is 0 Å².